The van der Waals surface area contributed by atoms with E-state index in [1.807, 2.05) is 6.92 Å². The molecule has 0 bridgehead atoms. The van der Waals surface area contributed by atoms with E-state index >= 15 is 0 Å². The Bertz CT molecular complexity index is 617. The Morgan fingerprint density at radius 1 is 1.10 bits per heavy atom. The maximum atomic E-state index is 11.3. The number of aryl methyl sites for hydroxylation is 1. The molecule has 7 heteroatoms. The summed E-state index contributed by atoms with van der Waals surface area (Å²) in [4.78, 5) is 19.5. The monoisotopic (exact) mass is 310 g/mol. The molecule has 2 rings (SSSR count). The van der Waals surface area contributed by atoms with E-state index in [4.69, 9.17) is 9.47 Å². The third-order valence-electron chi connectivity index (χ3n) is 2.50. The van der Waals surface area contributed by atoms with Crippen molar-refractivity contribution in [3.8, 4) is 17.6 Å². The number of carbonyl (C=O) groups excluding carboxylic acids is 1. The SMILES string of the molecule is COC(=O)c1ccc(Oc2nc(C)cc(OC)n2)cc1.Cl. The zero-order valence-corrected chi connectivity index (χ0v) is 12.6. The van der Waals surface area contributed by atoms with Gasteiger partial charge in [0, 0.05) is 11.8 Å². The molecule has 21 heavy (non-hydrogen) atoms. The van der Waals surface area contributed by atoms with Crippen LogP contribution in [0.1, 0.15) is 16.1 Å². The Morgan fingerprint density at radius 3 is 2.33 bits per heavy atom. The van der Waals surface area contributed by atoms with Crippen LogP contribution >= 0.6 is 12.4 Å². The van der Waals surface area contributed by atoms with Crippen LogP contribution < -0.4 is 9.47 Å². The first-order valence-corrected chi connectivity index (χ1v) is 5.88. The molecule has 0 aliphatic rings. The molecule has 1 aromatic heterocycles. The van der Waals surface area contributed by atoms with Crippen LogP contribution in [0.2, 0.25) is 0 Å². The first-order valence-electron chi connectivity index (χ1n) is 5.88. The van der Waals surface area contributed by atoms with Crippen LogP contribution in [-0.2, 0) is 4.74 Å². The van der Waals surface area contributed by atoms with Gasteiger partial charge in [0.1, 0.15) is 5.75 Å². The summed E-state index contributed by atoms with van der Waals surface area (Å²) in [6.45, 7) is 1.82. The van der Waals surface area contributed by atoms with Gasteiger partial charge in [0.25, 0.3) is 0 Å². The molecule has 0 aliphatic heterocycles. The highest BCUT2D eigenvalue weighted by atomic mass is 35.5. The minimum absolute atomic E-state index is 0. The van der Waals surface area contributed by atoms with E-state index in [1.54, 1.807) is 30.3 Å². The zero-order chi connectivity index (χ0) is 14.5. The van der Waals surface area contributed by atoms with Crippen molar-refractivity contribution < 1.29 is 19.0 Å². The molecule has 112 valence electrons. The van der Waals surface area contributed by atoms with Gasteiger partial charge in [0.15, 0.2) is 0 Å². The topological polar surface area (TPSA) is 70.5 Å². The number of hydrogen-bond acceptors (Lipinski definition) is 6. The highest BCUT2D eigenvalue weighted by molar-refractivity contribution is 5.89. The molecule has 1 aromatic carbocycles. The number of halogens is 1. The maximum Gasteiger partial charge on any atom is 0.337 e. The van der Waals surface area contributed by atoms with Crippen molar-refractivity contribution in [3.63, 3.8) is 0 Å². The summed E-state index contributed by atoms with van der Waals surface area (Å²) in [7, 11) is 2.86. The number of esters is 1. The van der Waals surface area contributed by atoms with E-state index in [0.29, 0.717) is 17.2 Å². The quantitative estimate of drug-likeness (QED) is 0.809. The van der Waals surface area contributed by atoms with Crippen molar-refractivity contribution in [1.82, 2.24) is 9.97 Å². The lowest BCUT2D eigenvalue weighted by Crippen LogP contribution is -2.01. The van der Waals surface area contributed by atoms with Gasteiger partial charge in [-0.3, -0.25) is 0 Å². The number of methoxy groups -OCH3 is 2. The summed E-state index contributed by atoms with van der Waals surface area (Å²) in [5.41, 5.74) is 1.18. The molecule has 1 heterocycles. The van der Waals surface area contributed by atoms with E-state index in [2.05, 4.69) is 14.7 Å². The van der Waals surface area contributed by atoms with Gasteiger partial charge in [-0.05, 0) is 31.2 Å². The van der Waals surface area contributed by atoms with Crippen molar-refractivity contribution in [2.24, 2.45) is 0 Å². The van der Waals surface area contributed by atoms with Crippen molar-refractivity contribution in [2.45, 2.75) is 6.92 Å². The van der Waals surface area contributed by atoms with Gasteiger partial charge in [-0.2, -0.15) is 9.97 Å². The van der Waals surface area contributed by atoms with Gasteiger partial charge in [0.05, 0.1) is 19.8 Å². The largest absolute Gasteiger partial charge is 0.481 e. The smallest absolute Gasteiger partial charge is 0.337 e. The predicted molar refractivity (Wildman–Crippen MR) is 78.4 cm³/mol. The van der Waals surface area contributed by atoms with E-state index in [9.17, 15) is 4.79 Å². The normalized spacial score (nSPS) is 9.48. The fourth-order valence-electron chi connectivity index (χ4n) is 1.55. The molecule has 0 saturated carbocycles. The van der Waals surface area contributed by atoms with Crippen LogP contribution in [-0.4, -0.2) is 30.2 Å². The van der Waals surface area contributed by atoms with E-state index in [-0.39, 0.29) is 18.4 Å². The number of aromatic nitrogens is 2. The van der Waals surface area contributed by atoms with Gasteiger partial charge in [-0.1, -0.05) is 0 Å². The molecule has 6 nitrogen and oxygen atoms in total. The minimum atomic E-state index is -0.398. The second-order valence-electron chi connectivity index (χ2n) is 3.95. The summed E-state index contributed by atoms with van der Waals surface area (Å²) in [6, 6.07) is 8.39. The Labute approximate surface area is 128 Å². The molecular weight excluding hydrogens is 296 g/mol. The Morgan fingerprint density at radius 2 is 1.76 bits per heavy atom. The summed E-state index contributed by atoms with van der Waals surface area (Å²) in [5.74, 6) is 0.550. The first-order chi connectivity index (χ1) is 9.62. The lowest BCUT2D eigenvalue weighted by molar-refractivity contribution is 0.0600. The summed E-state index contributed by atoms with van der Waals surface area (Å²) in [5, 5.41) is 0. The number of hydrogen-bond donors (Lipinski definition) is 0. The number of ether oxygens (including phenoxy) is 3. The van der Waals surface area contributed by atoms with Gasteiger partial charge in [-0.15, -0.1) is 12.4 Å². The van der Waals surface area contributed by atoms with Crippen molar-refractivity contribution in [1.29, 1.82) is 0 Å². The summed E-state index contributed by atoms with van der Waals surface area (Å²) < 4.78 is 15.2. The van der Waals surface area contributed by atoms with Crippen LogP contribution in [0.15, 0.2) is 30.3 Å². The van der Waals surface area contributed by atoms with Gasteiger partial charge >= 0.3 is 12.0 Å². The van der Waals surface area contributed by atoms with Crippen LogP contribution in [0.3, 0.4) is 0 Å². The summed E-state index contributed by atoms with van der Waals surface area (Å²) in [6.07, 6.45) is 0. The fraction of sp³-hybridized carbons (Fsp3) is 0.214. The molecule has 0 atom stereocenters. The van der Waals surface area contributed by atoms with Crippen molar-refractivity contribution in [2.75, 3.05) is 14.2 Å². The van der Waals surface area contributed by atoms with Crippen LogP contribution in [0.4, 0.5) is 0 Å². The van der Waals surface area contributed by atoms with Crippen molar-refractivity contribution >= 4 is 18.4 Å². The lowest BCUT2D eigenvalue weighted by Gasteiger charge is -2.07. The average molecular weight is 311 g/mol. The standard InChI is InChI=1S/C14H14N2O4.ClH/c1-9-8-12(18-2)16-14(15-9)20-11-6-4-10(5-7-11)13(17)19-3;/h4-8H,1-3H3;1H. The average Bonchev–Trinajstić information content (AvgIpc) is 2.46. The van der Waals surface area contributed by atoms with E-state index in [0.717, 1.165) is 5.69 Å². The highest BCUT2D eigenvalue weighted by Gasteiger charge is 2.07. The Balaban J connectivity index is 0.00000220. The third kappa shape index (κ3) is 4.32. The molecule has 0 N–H and O–H groups in total. The van der Waals surface area contributed by atoms with Gasteiger partial charge in [0.2, 0.25) is 5.88 Å². The molecule has 0 amide bonds. The predicted octanol–water partition coefficient (Wildman–Crippen LogP) is 2.79. The van der Waals surface area contributed by atoms with Gasteiger partial charge in [-0.25, -0.2) is 4.79 Å². The molecule has 0 spiro atoms. The molecule has 0 aliphatic carbocycles. The number of rotatable bonds is 4. The Hall–Kier alpha value is -2.34. The fourth-order valence-corrected chi connectivity index (χ4v) is 1.55. The lowest BCUT2D eigenvalue weighted by atomic mass is 10.2. The van der Waals surface area contributed by atoms with Crippen LogP contribution in [0, 0.1) is 6.92 Å². The number of benzene rings is 1. The number of nitrogens with zero attached hydrogens (tertiary/aromatic N) is 2. The van der Waals surface area contributed by atoms with E-state index < -0.39 is 5.97 Å². The van der Waals surface area contributed by atoms with Gasteiger partial charge < -0.3 is 14.2 Å². The molecule has 0 unspecified atom stereocenters. The highest BCUT2D eigenvalue weighted by Crippen LogP contribution is 2.21. The number of carbonyl (C=O) groups is 1. The summed E-state index contributed by atoms with van der Waals surface area (Å²) >= 11 is 0. The van der Waals surface area contributed by atoms with Crippen molar-refractivity contribution in [3.05, 3.63) is 41.6 Å². The second kappa shape index (κ2) is 7.44. The van der Waals surface area contributed by atoms with Crippen LogP contribution in [0.25, 0.3) is 0 Å². The zero-order valence-electron chi connectivity index (χ0n) is 11.8. The molecule has 2 aromatic rings. The molecular formula is C14H15ClN2O4. The Kier molecular flexibility index (Phi) is 5.92. The molecule has 0 fully saturated rings. The first kappa shape index (κ1) is 16.7. The maximum absolute atomic E-state index is 11.3. The molecule has 0 radical (unpaired) electrons. The second-order valence-corrected chi connectivity index (χ2v) is 3.95. The molecule has 0 saturated heterocycles. The van der Waals surface area contributed by atoms with E-state index in [1.165, 1.54) is 14.2 Å². The minimum Gasteiger partial charge on any atom is -0.481 e. The third-order valence-corrected chi connectivity index (χ3v) is 2.50. The van der Waals surface area contributed by atoms with Crippen LogP contribution in [0.5, 0.6) is 17.6 Å².